The summed E-state index contributed by atoms with van der Waals surface area (Å²) in [6.07, 6.45) is 0. The molecule has 6 rings (SSSR count). The van der Waals surface area contributed by atoms with E-state index in [4.69, 9.17) is 0 Å². The SMILES string of the molecule is c1ccc2c(C[Se][Se]Cc3c4ccccc4cc4ccccc34)c3ccccc3cc2c1. The summed E-state index contributed by atoms with van der Waals surface area (Å²) in [6, 6.07) is 40.3. The minimum atomic E-state index is 0.609. The Morgan fingerprint density at radius 2 is 0.656 bits per heavy atom. The van der Waals surface area contributed by atoms with E-state index in [1.165, 1.54) is 53.7 Å². The van der Waals surface area contributed by atoms with Crippen molar-refractivity contribution in [2.75, 3.05) is 0 Å². The van der Waals surface area contributed by atoms with E-state index in [2.05, 4.69) is 109 Å². The third-order valence-corrected chi connectivity index (χ3v) is 12.7. The van der Waals surface area contributed by atoms with Crippen molar-refractivity contribution in [1.29, 1.82) is 0 Å². The summed E-state index contributed by atoms with van der Waals surface area (Å²) in [4.78, 5) is 0. The summed E-state index contributed by atoms with van der Waals surface area (Å²) in [5.41, 5.74) is 3.09. The van der Waals surface area contributed by atoms with Crippen LogP contribution in [0.3, 0.4) is 0 Å². The zero-order valence-electron chi connectivity index (χ0n) is 17.6. The average Bonchev–Trinajstić information content (AvgIpc) is 2.85. The monoisotopic (exact) mass is 542 g/mol. The van der Waals surface area contributed by atoms with Crippen LogP contribution >= 0.6 is 0 Å². The van der Waals surface area contributed by atoms with E-state index in [-0.39, 0.29) is 0 Å². The summed E-state index contributed by atoms with van der Waals surface area (Å²) in [6.45, 7) is 0. The van der Waals surface area contributed by atoms with E-state index in [1.807, 2.05) is 0 Å². The van der Waals surface area contributed by atoms with E-state index in [1.54, 1.807) is 11.1 Å². The van der Waals surface area contributed by atoms with Crippen molar-refractivity contribution in [1.82, 2.24) is 0 Å². The van der Waals surface area contributed by atoms with Gasteiger partial charge in [-0.05, 0) is 0 Å². The van der Waals surface area contributed by atoms with Gasteiger partial charge in [0.25, 0.3) is 0 Å². The van der Waals surface area contributed by atoms with Crippen molar-refractivity contribution in [2.45, 2.75) is 10.6 Å². The summed E-state index contributed by atoms with van der Waals surface area (Å²) >= 11 is 1.22. The van der Waals surface area contributed by atoms with Crippen molar-refractivity contribution in [3.05, 3.63) is 120 Å². The number of rotatable bonds is 5. The van der Waals surface area contributed by atoms with Gasteiger partial charge in [-0.15, -0.1) is 0 Å². The molecule has 154 valence electrons. The zero-order chi connectivity index (χ0) is 21.3. The van der Waals surface area contributed by atoms with Crippen LogP contribution < -0.4 is 0 Å². The Bertz CT molecular complexity index is 1350. The topological polar surface area (TPSA) is 0 Å². The number of hydrogen-bond acceptors (Lipinski definition) is 0. The van der Waals surface area contributed by atoms with Gasteiger partial charge >= 0.3 is 200 Å². The first kappa shape index (κ1) is 20.0. The van der Waals surface area contributed by atoms with Gasteiger partial charge in [-0.2, -0.15) is 0 Å². The molecule has 0 bridgehead atoms. The molecule has 0 saturated heterocycles. The van der Waals surface area contributed by atoms with Crippen molar-refractivity contribution in [3.63, 3.8) is 0 Å². The molecule has 0 radical (unpaired) electrons. The molecule has 0 heterocycles. The van der Waals surface area contributed by atoms with Crippen LogP contribution in [0.4, 0.5) is 0 Å². The third-order valence-electron chi connectivity index (χ3n) is 6.26. The summed E-state index contributed by atoms with van der Waals surface area (Å²) in [5, 5.41) is 13.6. The first-order valence-corrected chi connectivity index (χ1v) is 17.7. The third kappa shape index (κ3) is 3.64. The van der Waals surface area contributed by atoms with E-state index in [9.17, 15) is 0 Å². The van der Waals surface area contributed by atoms with E-state index >= 15 is 0 Å². The molecule has 0 aliphatic heterocycles. The molecule has 6 aromatic rings. The molecule has 2 heteroatoms. The van der Waals surface area contributed by atoms with Crippen LogP contribution in [0.2, 0.25) is 0 Å². The number of benzene rings is 6. The molecular formula is C30H22Se2. The van der Waals surface area contributed by atoms with Crippen molar-refractivity contribution >= 4 is 69.4 Å². The van der Waals surface area contributed by atoms with Crippen molar-refractivity contribution in [2.24, 2.45) is 0 Å². The molecule has 0 aromatic heterocycles. The normalized spacial score (nSPS) is 11.6. The van der Waals surface area contributed by atoms with E-state index in [0.717, 1.165) is 0 Å². The van der Waals surface area contributed by atoms with Crippen LogP contribution in [0.1, 0.15) is 11.1 Å². The van der Waals surface area contributed by atoms with Gasteiger partial charge in [-0.3, -0.25) is 0 Å². The Morgan fingerprint density at radius 1 is 0.375 bits per heavy atom. The van der Waals surface area contributed by atoms with Crippen LogP contribution in [-0.2, 0) is 10.6 Å². The molecule has 0 atom stereocenters. The Labute approximate surface area is 199 Å². The van der Waals surface area contributed by atoms with Gasteiger partial charge in [0.2, 0.25) is 0 Å². The molecule has 0 aliphatic rings. The molecule has 0 amide bonds. The summed E-state index contributed by atoms with van der Waals surface area (Å²) in [7, 11) is 0. The van der Waals surface area contributed by atoms with Crippen molar-refractivity contribution in [3.8, 4) is 0 Å². The Balaban J connectivity index is 1.32. The second-order valence-corrected chi connectivity index (χ2v) is 15.5. The molecule has 0 unspecified atom stereocenters. The van der Waals surface area contributed by atoms with Crippen molar-refractivity contribution < 1.29 is 0 Å². The maximum atomic E-state index is 2.34. The van der Waals surface area contributed by atoms with E-state index < -0.39 is 0 Å². The van der Waals surface area contributed by atoms with Gasteiger partial charge in [0.1, 0.15) is 0 Å². The summed E-state index contributed by atoms with van der Waals surface area (Å²) < 4.78 is 0. The fourth-order valence-electron chi connectivity index (χ4n) is 4.73. The zero-order valence-corrected chi connectivity index (χ0v) is 21.0. The maximum absolute atomic E-state index is 2.34. The second-order valence-electron chi connectivity index (χ2n) is 8.12. The second kappa shape index (κ2) is 8.74. The van der Waals surface area contributed by atoms with Gasteiger partial charge in [0.05, 0.1) is 0 Å². The van der Waals surface area contributed by atoms with E-state index in [0.29, 0.717) is 26.3 Å². The molecule has 0 aliphatic carbocycles. The quantitative estimate of drug-likeness (QED) is 0.122. The number of fused-ring (bicyclic) bond motifs is 4. The van der Waals surface area contributed by atoms with Crippen LogP contribution in [0.15, 0.2) is 109 Å². The number of hydrogen-bond donors (Lipinski definition) is 0. The molecular weight excluding hydrogens is 518 g/mol. The van der Waals surface area contributed by atoms with Crippen LogP contribution in [0, 0.1) is 0 Å². The Hall–Kier alpha value is -2.60. The predicted octanol–water partition coefficient (Wildman–Crippen LogP) is 7.32. The van der Waals surface area contributed by atoms with Crippen LogP contribution in [-0.4, -0.2) is 26.3 Å². The van der Waals surface area contributed by atoms with Gasteiger partial charge in [-0.1, -0.05) is 0 Å². The average molecular weight is 540 g/mol. The molecule has 0 saturated carbocycles. The van der Waals surface area contributed by atoms with Crippen LogP contribution in [0.25, 0.3) is 43.1 Å². The Kier molecular flexibility index (Phi) is 5.47. The van der Waals surface area contributed by atoms with Crippen LogP contribution in [0.5, 0.6) is 0 Å². The fourth-order valence-corrected chi connectivity index (χ4v) is 11.3. The van der Waals surface area contributed by atoms with Gasteiger partial charge < -0.3 is 0 Å². The molecule has 6 aromatic carbocycles. The molecule has 32 heavy (non-hydrogen) atoms. The predicted molar refractivity (Wildman–Crippen MR) is 142 cm³/mol. The van der Waals surface area contributed by atoms with Gasteiger partial charge in [-0.25, -0.2) is 0 Å². The standard InChI is InChI=1S/C30H22Se2/c1-5-13-25-21(9-1)17-22-10-2-6-14-26(22)29(25)19-31-32-20-30-27-15-7-3-11-23(27)18-24-12-4-8-16-28(24)30/h1-18H,19-20H2. The molecule has 0 fully saturated rings. The fraction of sp³-hybridized carbons (Fsp3) is 0.0667. The molecule has 0 spiro atoms. The van der Waals surface area contributed by atoms with Gasteiger partial charge in [0, 0.05) is 0 Å². The first-order valence-electron chi connectivity index (χ1n) is 10.9. The molecule has 0 nitrogen and oxygen atoms in total. The summed E-state index contributed by atoms with van der Waals surface area (Å²) in [5.74, 6) is 0. The van der Waals surface area contributed by atoms with Gasteiger partial charge in [0.15, 0.2) is 0 Å². The minimum absolute atomic E-state index is 0.609. The first-order chi connectivity index (χ1) is 15.9. The molecule has 0 N–H and O–H groups in total. The Morgan fingerprint density at radius 3 is 0.969 bits per heavy atom.